The van der Waals surface area contributed by atoms with Crippen molar-refractivity contribution in [1.29, 1.82) is 0 Å². The lowest BCUT2D eigenvalue weighted by atomic mass is 9.95. The van der Waals surface area contributed by atoms with E-state index >= 15 is 0 Å². The summed E-state index contributed by atoms with van der Waals surface area (Å²) in [5.41, 5.74) is 1.52. The number of carbonyl (C=O) groups is 2. The molecule has 100 valence electrons. The van der Waals surface area contributed by atoms with E-state index in [0.717, 1.165) is 5.56 Å². The molecule has 3 rings (SSSR count). The molecule has 1 aromatic heterocycles. The zero-order valence-corrected chi connectivity index (χ0v) is 10.7. The minimum atomic E-state index is -0.570. The normalized spacial score (nSPS) is 17.0. The number of aromatic nitrogens is 1. The summed E-state index contributed by atoms with van der Waals surface area (Å²) in [5, 5.41) is 5.41. The van der Waals surface area contributed by atoms with Crippen LogP contribution >= 0.6 is 0 Å². The van der Waals surface area contributed by atoms with Gasteiger partial charge in [-0.3, -0.25) is 9.59 Å². The highest BCUT2D eigenvalue weighted by atomic mass is 16.2. The second-order valence-corrected chi connectivity index (χ2v) is 4.59. The number of nitrogens with zero attached hydrogens (tertiary/aromatic N) is 1. The molecule has 0 spiro atoms. The minimum absolute atomic E-state index is 0.215. The summed E-state index contributed by atoms with van der Waals surface area (Å²) in [6, 6.07) is 12.0. The largest absolute Gasteiger partial charge is 0.340 e. The number of benzene rings is 1. The lowest BCUT2D eigenvalue weighted by Gasteiger charge is -2.24. The van der Waals surface area contributed by atoms with Gasteiger partial charge in [-0.05, 0) is 23.8 Å². The first-order valence-electron chi connectivity index (χ1n) is 6.35. The fraction of sp³-hybridized carbons (Fsp3) is 0.133. The van der Waals surface area contributed by atoms with Crippen LogP contribution in [0.25, 0.3) is 0 Å². The minimum Gasteiger partial charge on any atom is -0.340 e. The fourth-order valence-corrected chi connectivity index (χ4v) is 2.24. The zero-order valence-electron chi connectivity index (χ0n) is 10.7. The maximum Gasteiger partial charge on any atom is 0.252 e. The van der Waals surface area contributed by atoms with Crippen molar-refractivity contribution < 1.29 is 9.59 Å². The van der Waals surface area contributed by atoms with Crippen molar-refractivity contribution in [2.24, 2.45) is 0 Å². The Morgan fingerprint density at radius 1 is 1.20 bits per heavy atom. The number of amides is 2. The molecule has 2 amide bonds. The van der Waals surface area contributed by atoms with Gasteiger partial charge < -0.3 is 10.6 Å². The number of rotatable bonds is 2. The third-order valence-electron chi connectivity index (χ3n) is 3.22. The monoisotopic (exact) mass is 267 g/mol. The molecule has 5 nitrogen and oxygen atoms in total. The predicted octanol–water partition coefficient (Wildman–Crippen LogP) is 1.37. The van der Waals surface area contributed by atoms with Gasteiger partial charge in [-0.15, -0.1) is 0 Å². The average molecular weight is 267 g/mol. The molecule has 2 aromatic rings. The van der Waals surface area contributed by atoms with Crippen LogP contribution in [0.3, 0.4) is 0 Å². The second kappa shape index (κ2) is 5.13. The van der Waals surface area contributed by atoms with Crippen molar-refractivity contribution in [3.63, 3.8) is 0 Å². The summed E-state index contributed by atoms with van der Waals surface area (Å²) in [6.07, 6.45) is 2.09. The zero-order chi connectivity index (χ0) is 13.9. The van der Waals surface area contributed by atoms with Crippen molar-refractivity contribution in [2.75, 3.05) is 5.32 Å². The summed E-state index contributed by atoms with van der Waals surface area (Å²) in [4.78, 5) is 28.1. The molecule has 1 aliphatic heterocycles. The molecule has 1 unspecified atom stereocenters. The summed E-state index contributed by atoms with van der Waals surface area (Å²) < 4.78 is 0. The van der Waals surface area contributed by atoms with E-state index in [4.69, 9.17) is 0 Å². The first-order chi connectivity index (χ1) is 9.74. The van der Waals surface area contributed by atoms with Crippen LogP contribution in [0, 0.1) is 0 Å². The Hall–Kier alpha value is -2.69. The Morgan fingerprint density at radius 2 is 2.00 bits per heavy atom. The second-order valence-electron chi connectivity index (χ2n) is 4.59. The highest BCUT2D eigenvalue weighted by Gasteiger charge is 2.28. The molecule has 20 heavy (non-hydrogen) atoms. The first-order valence-corrected chi connectivity index (χ1v) is 6.35. The number of fused-ring (bicyclic) bond motifs is 1. The van der Waals surface area contributed by atoms with Crippen LogP contribution in [0.2, 0.25) is 0 Å². The van der Waals surface area contributed by atoms with Gasteiger partial charge in [0.15, 0.2) is 0 Å². The predicted molar refractivity (Wildman–Crippen MR) is 74.3 cm³/mol. The van der Waals surface area contributed by atoms with Crippen LogP contribution in [-0.2, 0) is 11.2 Å². The van der Waals surface area contributed by atoms with Crippen molar-refractivity contribution in [1.82, 2.24) is 10.3 Å². The summed E-state index contributed by atoms with van der Waals surface area (Å²) in [6.45, 7) is 0. The van der Waals surface area contributed by atoms with Gasteiger partial charge in [0.05, 0.1) is 0 Å². The molecule has 1 aliphatic rings. The van der Waals surface area contributed by atoms with E-state index in [2.05, 4.69) is 15.6 Å². The van der Waals surface area contributed by atoms with Gasteiger partial charge in [-0.1, -0.05) is 24.3 Å². The molecule has 0 aliphatic carbocycles. The molecular formula is C15H13N3O2. The van der Waals surface area contributed by atoms with E-state index in [1.807, 2.05) is 18.2 Å². The van der Waals surface area contributed by atoms with Crippen molar-refractivity contribution in [2.45, 2.75) is 12.5 Å². The number of pyridine rings is 1. The van der Waals surface area contributed by atoms with Crippen LogP contribution in [0.5, 0.6) is 0 Å². The van der Waals surface area contributed by atoms with Crippen LogP contribution in [0.15, 0.2) is 48.7 Å². The quantitative estimate of drug-likeness (QED) is 0.863. The van der Waals surface area contributed by atoms with E-state index in [-0.39, 0.29) is 11.8 Å². The lowest BCUT2D eigenvalue weighted by molar-refractivity contribution is -0.118. The highest BCUT2D eigenvalue weighted by molar-refractivity contribution is 6.03. The van der Waals surface area contributed by atoms with E-state index in [1.165, 1.54) is 0 Å². The molecule has 1 aromatic carbocycles. The highest BCUT2D eigenvalue weighted by Crippen LogP contribution is 2.17. The number of anilines is 1. The maximum absolute atomic E-state index is 12.2. The fourth-order valence-electron chi connectivity index (χ4n) is 2.24. The van der Waals surface area contributed by atoms with E-state index in [1.54, 1.807) is 30.5 Å². The van der Waals surface area contributed by atoms with Crippen LogP contribution < -0.4 is 10.6 Å². The Balaban J connectivity index is 1.76. The maximum atomic E-state index is 12.2. The summed E-state index contributed by atoms with van der Waals surface area (Å²) in [7, 11) is 0. The third kappa shape index (κ3) is 2.38. The molecule has 0 radical (unpaired) electrons. The SMILES string of the molecule is O=C1NC(C(=O)Nc2ccccn2)Cc2ccccc21. The van der Waals surface area contributed by atoms with Crippen LogP contribution in [0.1, 0.15) is 15.9 Å². The van der Waals surface area contributed by atoms with Gasteiger partial charge in [0, 0.05) is 18.2 Å². The Morgan fingerprint density at radius 3 is 2.80 bits per heavy atom. The molecule has 0 bridgehead atoms. The number of hydrogen-bond donors (Lipinski definition) is 2. The summed E-state index contributed by atoms with van der Waals surface area (Å²) in [5.74, 6) is 0.00480. The van der Waals surface area contributed by atoms with Crippen LogP contribution in [-0.4, -0.2) is 22.8 Å². The van der Waals surface area contributed by atoms with Gasteiger partial charge in [0.1, 0.15) is 11.9 Å². The Bertz CT molecular complexity index is 655. The summed E-state index contributed by atoms with van der Waals surface area (Å²) >= 11 is 0. The Kier molecular flexibility index (Phi) is 3.16. The smallest absolute Gasteiger partial charge is 0.252 e. The first kappa shape index (κ1) is 12.3. The van der Waals surface area contributed by atoms with Crippen molar-refractivity contribution in [3.05, 3.63) is 59.8 Å². The van der Waals surface area contributed by atoms with Gasteiger partial charge >= 0.3 is 0 Å². The van der Waals surface area contributed by atoms with Crippen LogP contribution in [0.4, 0.5) is 5.82 Å². The van der Waals surface area contributed by atoms with E-state index < -0.39 is 6.04 Å². The number of nitrogens with one attached hydrogen (secondary N) is 2. The molecule has 2 N–H and O–H groups in total. The standard InChI is InChI=1S/C15H13N3O2/c19-14-11-6-2-1-5-10(11)9-12(17-14)15(20)18-13-7-3-4-8-16-13/h1-8,12H,9H2,(H,17,19)(H,16,18,20). The third-order valence-corrected chi connectivity index (χ3v) is 3.22. The van der Waals surface area contributed by atoms with Gasteiger partial charge in [0.25, 0.3) is 5.91 Å². The molecule has 5 heteroatoms. The van der Waals surface area contributed by atoms with Gasteiger partial charge in [-0.25, -0.2) is 4.98 Å². The lowest BCUT2D eigenvalue weighted by Crippen LogP contribution is -2.48. The van der Waals surface area contributed by atoms with E-state index in [0.29, 0.717) is 17.8 Å². The molecule has 1 atom stereocenters. The van der Waals surface area contributed by atoms with E-state index in [9.17, 15) is 9.59 Å². The average Bonchev–Trinajstić information content (AvgIpc) is 2.48. The number of hydrogen-bond acceptors (Lipinski definition) is 3. The topological polar surface area (TPSA) is 71.1 Å². The molecule has 0 fully saturated rings. The van der Waals surface area contributed by atoms with Gasteiger partial charge in [0.2, 0.25) is 5.91 Å². The Labute approximate surface area is 116 Å². The number of carbonyl (C=O) groups excluding carboxylic acids is 2. The molecule has 2 heterocycles. The van der Waals surface area contributed by atoms with Crippen molar-refractivity contribution in [3.8, 4) is 0 Å². The molecular weight excluding hydrogens is 254 g/mol. The molecule has 0 saturated carbocycles. The van der Waals surface area contributed by atoms with Crippen molar-refractivity contribution >= 4 is 17.6 Å². The van der Waals surface area contributed by atoms with Gasteiger partial charge in [-0.2, -0.15) is 0 Å². The molecule has 0 saturated heterocycles.